The van der Waals surface area contributed by atoms with Crippen molar-refractivity contribution in [1.29, 1.82) is 0 Å². The first-order valence-corrected chi connectivity index (χ1v) is 0.548. The van der Waals surface area contributed by atoms with Gasteiger partial charge in [-0.3, -0.25) is 0 Å². The summed E-state index contributed by atoms with van der Waals surface area (Å²) in [6.45, 7) is 0. The minimum atomic E-state index is -1.75. The van der Waals surface area contributed by atoms with Crippen LogP contribution in [0.2, 0.25) is 0 Å². The first kappa shape index (κ1) is 17.0. The van der Waals surface area contributed by atoms with E-state index >= 15 is 0 Å². The van der Waals surface area contributed by atoms with E-state index in [2.05, 4.69) is 0 Å². The third-order valence-corrected chi connectivity index (χ3v) is 0. The molecule has 4 N–H and O–H groups in total. The van der Waals surface area contributed by atoms with Crippen LogP contribution in [-0.2, 0) is 20.4 Å². The first-order chi connectivity index (χ1) is 1.73. The van der Waals surface area contributed by atoms with Crippen LogP contribution in [0.25, 0.3) is 0 Å². The van der Waals surface area contributed by atoms with Crippen LogP contribution >= 0.6 is 0 Å². The number of nitrogens with zero attached hydrogens (tertiary/aromatic N) is 1. The van der Waals surface area contributed by atoms with Gasteiger partial charge in [0.25, 0.3) is 0 Å². The van der Waals surface area contributed by atoms with E-state index in [4.69, 9.17) is 15.3 Å². The Morgan fingerprint density at radius 1 is 1.33 bits per heavy atom. The van der Waals surface area contributed by atoms with Crippen molar-refractivity contribution in [2.45, 2.75) is 0 Å². The van der Waals surface area contributed by atoms with E-state index in [-0.39, 0.29) is 26.6 Å². The molecular formula is H4N2O3Pd+2. The normalized spacial score (nSPS) is 4.00. The maximum Gasteiger partial charge on any atom is 2.00 e. The van der Waals surface area contributed by atoms with Crippen LogP contribution in [0.5, 0.6) is 0 Å². The van der Waals surface area contributed by atoms with Crippen LogP contribution in [0.15, 0.2) is 0 Å². The Balaban J connectivity index is -0.0000000450. The molecule has 0 aromatic rings. The molecule has 0 bridgehead atoms. The van der Waals surface area contributed by atoms with E-state index < -0.39 is 5.09 Å². The molecule has 0 spiro atoms. The Bertz CT molecular complexity index is 31.8. The fourth-order valence-corrected chi connectivity index (χ4v) is 0. The van der Waals surface area contributed by atoms with Crippen molar-refractivity contribution in [3.63, 3.8) is 0 Å². The van der Waals surface area contributed by atoms with Crippen molar-refractivity contribution in [3.8, 4) is 0 Å². The first-order valence-electron chi connectivity index (χ1n) is 0.548. The molecule has 40 valence electrons. The van der Waals surface area contributed by atoms with E-state index in [1.54, 1.807) is 0 Å². The Morgan fingerprint density at radius 3 is 1.33 bits per heavy atom. The second kappa shape index (κ2) is 8.84. The van der Waals surface area contributed by atoms with Gasteiger partial charge in [-0.15, -0.1) is 0 Å². The van der Waals surface area contributed by atoms with Crippen LogP contribution < -0.4 is 6.15 Å². The second-order valence-electron chi connectivity index (χ2n) is 0.224. The van der Waals surface area contributed by atoms with Crippen LogP contribution in [0, 0.1) is 15.3 Å². The Hall–Kier alpha value is -0.178. The zero-order chi connectivity index (χ0) is 3.58. The zero-order valence-corrected chi connectivity index (χ0v) is 4.54. The summed E-state index contributed by atoms with van der Waals surface area (Å²) >= 11 is 0. The van der Waals surface area contributed by atoms with Crippen molar-refractivity contribution < 1.29 is 25.5 Å². The minimum absolute atomic E-state index is 0. The largest absolute Gasteiger partial charge is 2.00 e. The topological polar surface area (TPSA) is 103 Å². The zero-order valence-electron chi connectivity index (χ0n) is 2.99. The molecule has 0 fully saturated rings. The van der Waals surface area contributed by atoms with Crippen molar-refractivity contribution in [1.82, 2.24) is 6.15 Å². The summed E-state index contributed by atoms with van der Waals surface area (Å²) < 4.78 is 0. The van der Waals surface area contributed by atoms with Gasteiger partial charge in [-0.2, -0.15) is 0 Å². The summed E-state index contributed by atoms with van der Waals surface area (Å²) in [6.07, 6.45) is 0. The van der Waals surface area contributed by atoms with Gasteiger partial charge >= 0.3 is 20.4 Å². The molecule has 0 unspecified atom stereocenters. The average Bonchev–Trinajstić information content (AvgIpc) is 0.811. The molecule has 0 heterocycles. The molecule has 0 aliphatic rings. The molecule has 6 heteroatoms. The summed E-state index contributed by atoms with van der Waals surface area (Å²) in [5.74, 6) is 0. The van der Waals surface area contributed by atoms with Crippen LogP contribution in [0.4, 0.5) is 0 Å². The van der Waals surface area contributed by atoms with Crippen molar-refractivity contribution in [3.05, 3.63) is 15.3 Å². The van der Waals surface area contributed by atoms with Crippen molar-refractivity contribution in [2.75, 3.05) is 0 Å². The summed E-state index contributed by atoms with van der Waals surface area (Å²) in [7, 11) is 0. The smallest absolute Gasteiger partial charge is 0.369 e. The number of hydrogen-bond donors (Lipinski definition) is 1. The molecule has 0 amide bonds. The molecule has 0 atom stereocenters. The number of quaternary nitrogens is 1. The molecule has 0 saturated heterocycles. The fraction of sp³-hybridized carbons (Fsp3) is 0. The van der Waals surface area contributed by atoms with Crippen molar-refractivity contribution in [2.24, 2.45) is 0 Å². The number of hydrogen-bond acceptors (Lipinski definition) is 3. The predicted octanol–water partition coefficient (Wildman–Crippen LogP) is 0.135. The van der Waals surface area contributed by atoms with Crippen LogP contribution in [-0.4, -0.2) is 5.09 Å². The van der Waals surface area contributed by atoms with Gasteiger partial charge in [-0.05, 0) is 0 Å². The molecule has 5 nitrogen and oxygen atoms in total. The van der Waals surface area contributed by atoms with Gasteiger partial charge in [-0.1, -0.05) is 0 Å². The van der Waals surface area contributed by atoms with Crippen LogP contribution in [0.3, 0.4) is 0 Å². The van der Waals surface area contributed by atoms with Gasteiger partial charge in [0.05, 0.1) is 5.09 Å². The molecule has 0 aliphatic carbocycles. The quantitative estimate of drug-likeness (QED) is 0.330. The van der Waals surface area contributed by atoms with E-state index in [0.717, 1.165) is 0 Å². The SMILES string of the molecule is O=[N+]([O-])[O-].[NH4+].[Pd+2]. The third kappa shape index (κ3) is 965. The molecule has 0 aromatic heterocycles. The minimum Gasteiger partial charge on any atom is -0.369 e. The Morgan fingerprint density at radius 2 is 1.33 bits per heavy atom. The van der Waals surface area contributed by atoms with Crippen molar-refractivity contribution >= 4 is 0 Å². The third-order valence-electron chi connectivity index (χ3n) is 0. The number of rotatable bonds is 0. The summed E-state index contributed by atoms with van der Waals surface area (Å²) in [4.78, 5) is 8.25. The molecule has 0 rings (SSSR count). The molecule has 0 aliphatic heterocycles. The molecule has 0 aromatic carbocycles. The van der Waals surface area contributed by atoms with E-state index in [9.17, 15) is 0 Å². The summed E-state index contributed by atoms with van der Waals surface area (Å²) in [5, 5.41) is 14.8. The second-order valence-corrected chi connectivity index (χ2v) is 0.224. The van der Waals surface area contributed by atoms with Gasteiger partial charge < -0.3 is 21.5 Å². The standard InChI is InChI=1S/NO3.H3N.Pd/c2-1(3)4;;/h;1H3;/q-1;;+2/p+1. The maximum atomic E-state index is 8.25. The molecule has 0 saturated carbocycles. The van der Waals surface area contributed by atoms with E-state index in [1.165, 1.54) is 0 Å². The molecule has 0 radical (unpaired) electrons. The summed E-state index contributed by atoms with van der Waals surface area (Å²) in [6, 6.07) is 0. The molecular weight excluding hydrogens is 182 g/mol. The summed E-state index contributed by atoms with van der Waals surface area (Å²) in [5.41, 5.74) is 0. The average molecular weight is 186 g/mol. The Kier molecular flexibility index (Phi) is 25.1. The fourth-order valence-electron chi connectivity index (χ4n) is 0. The van der Waals surface area contributed by atoms with Crippen LogP contribution in [0.1, 0.15) is 0 Å². The van der Waals surface area contributed by atoms with E-state index in [0.29, 0.717) is 0 Å². The molecule has 6 heavy (non-hydrogen) atoms. The monoisotopic (exact) mass is 186 g/mol. The van der Waals surface area contributed by atoms with Gasteiger partial charge in [0.2, 0.25) is 0 Å². The van der Waals surface area contributed by atoms with Gasteiger partial charge in [0.1, 0.15) is 0 Å². The maximum absolute atomic E-state index is 8.25. The van der Waals surface area contributed by atoms with Gasteiger partial charge in [0, 0.05) is 0 Å². The Labute approximate surface area is 47.7 Å². The van der Waals surface area contributed by atoms with E-state index in [1.807, 2.05) is 0 Å². The van der Waals surface area contributed by atoms with Gasteiger partial charge in [-0.25, -0.2) is 0 Å². The van der Waals surface area contributed by atoms with Gasteiger partial charge in [0.15, 0.2) is 0 Å². The predicted molar refractivity (Wildman–Crippen MR) is 16.3 cm³/mol.